The lowest BCUT2D eigenvalue weighted by Crippen LogP contribution is -2.45. The van der Waals surface area contributed by atoms with Gasteiger partial charge < -0.3 is 14.2 Å². The van der Waals surface area contributed by atoms with E-state index in [9.17, 15) is 8.42 Å². The molecule has 2 heterocycles. The van der Waals surface area contributed by atoms with Gasteiger partial charge in [0.15, 0.2) is 5.44 Å². The van der Waals surface area contributed by atoms with Crippen molar-refractivity contribution in [3.63, 3.8) is 0 Å². The second kappa shape index (κ2) is 12.4. The fourth-order valence-electron chi connectivity index (χ4n) is 4.06. The molecule has 0 saturated heterocycles. The number of aromatic nitrogens is 2. The van der Waals surface area contributed by atoms with Crippen LogP contribution in [0.15, 0.2) is 49.1 Å². The standard InChI is InChI=1S/C26H36N4O5S/c1-7-8-12-24-35-16-27-21(13-18(2)3)15-34-23-14-22(25-19(4)10-9-11-20(25)5)28-26(29-23)30(17-33-6)36(24,31)32/h7-12,14,18,21,24,27H,1,13,15-17H2,2-6H3/t21-,24?/m1/s1. The van der Waals surface area contributed by atoms with Crippen LogP contribution >= 0.6 is 0 Å². The van der Waals surface area contributed by atoms with E-state index < -0.39 is 15.5 Å². The Morgan fingerprint density at radius 2 is 2.00 bits per heavy atom. The average Bonchev–Trinajstić information content (AvgIpc) is 2.81. The maximum Gasteiger partial charge on any atom is 0.270 e. The lowest BCUT2D eigenvalue weighted by molar-refractivity contribution is 0.0932. The molecular weight excluding hydrogens is 480 g/mol. The second-order valence-electron chi connectivity index (χ2n) is 9.11. The number of aryl methyl sites for hydroxylation is 2. The molecule has 3 rings (SSSR count). The fourth-order valence-corrected chi connectivity index (χ4v) is 5.40. The Balaban J connectivity index is 2.21. The number of nitrogens with zero attached hydrogens (tertiary/aromatic N) is 3. The Morgan fingerprint density at radius 1 is 1.28 bits per heavy atom. The number of rotatable bonds is 7. The van der Waals surface area contributed by atoms with Crippen LogP contribution in [0.5, 0.6) is 5.88 Å². The fraction of sp³-hybridized carbons (Fsp3) is 0.462. The van der Waals surface area contributed by atoms with Crippen molar-refractivity contribution in [2.45, 2.75) is 45.6 Å². The van der Waals surface area contributed by atoms with Gasteiger partial charge in [-0.2, -0.15) is 4.98 Å². The normalized spacial score (nSPS) is 20.6. The van der Waals surface area contributed by atoms with E-state index in [1.165, 1.54) is 25.3 Å². The molecule has 10 heteroatoms. The Morgan fingerprint density at radius 3 is 2.64 bits per heavy atom. The van der Waals surface area contributed by atoms with Gasteiger partial charge in [0.1, 0.15) is 13.3 Å². The molecule has 196 valence electrons. The van der Waals surface area contributed by atoms with Gasteiger partial charge in [0.25, 0.3) is 10.0 Å². The van der Waals surface area contributed by atoms with Crippen LogP contribution in [-0.2, 0) is 19.5 Å². The van der Waals surface area contributed by atoms with E-state index >= 15 is 0 Å². The number of hydrogen-bond donors (Lipinski definition) is 1. The van der Waals surface area contributed by atoms with Crippen molar-refractivity contribution in [2.75, 3.05) is 31.5 Å². The van der Waals surface area contributed by atoms with Crippen molar-refractivity contribution in [3.05, 3.63) is 60.2 Å². The monoisotopic (exact) mass is 516 g/mol. The first-order valence-corrected chi connectivity index (χ1v) is 13.4. The van der Waals surface area contributed by atoms with Gasteiger partial charge in [-0.05, 0) is 43.4 Å². The van der Waals surface area contributed by atoms with Crippen molar-refractivity contribution in [1.82, 2.24) is 15.3 Å². The van der Waals surface area contributed by atoms with E-state index in [0.29, 0.717) is 18.2 Å². The molecule has 0 amide bonds. The van der Waals surface area contributed by atoms with Crippen LogP contribution in [0.4, 0.5) is 5.95 Å². The maximum atomic E-state index is 13.8. The lowest BCUT2D eigenvalue weighted by Gasteiger charge is -2.28. The molecule has 1 aliphatic heterocycles. The molecule has 1 aliphatic rings. The molecule has 0 aliphatic carbocycles. The number of sulfonamides is 1. The summed E-state index contributed by atoms with van der Waals surface area (Å²) in [6, 6.07) is 7.61. The number of ether oxygens (including phenoxy) is 3. The van der Waals surface area contributed by atoms with E-state index in [0.717, 1.165) is 27.4 Å². The molecule has 2 bridgehead atoms. The third-order valence-electron chi connectivity index (χ3n) is 5.71. The molecule has 0 saturated carbocycles. The molecule has 1 aromatic heterocycles. The molecule has 2 aromatic rings. The molecule has 0 radical (unpaired) electrons. The van der Waals surface area contributed by atoms with E-state index in [2.05, 4.69) is 35.7 Å². The van der Waals surface area contributed by atoms with Crippen LogP contribution in [0.1, 0.15) is 31.4 Å². The van der Waals surface area contributed by atoms with Crippen molar-refractivity contribution >= 4 is 16.0 Å². The van der Waals surface area contributed by atoms with Crippen molar-refractivity contribution in [1.29, 1.82) is 0 Å². The summed E-state index contributed by atoms with van der Waals surface area (Å²) in [6.07, 6.45) is 5.27. The topological polar surface area (TPSA) is 103 Å². The first kappa shape index (κ1) is 27.8. The number of hydrogen-bond acceptors (Lipinski definition) is 8. The molecule has 1 aromatic carbocycles. The first-order chi connectivity index (χ1) is 17.2. The summed E-state index contributed by atoms with van der Waals surface area (Å²) in [5, 5.41) is 3.27. The largest absolute Gasteiger partial charge is 0.476 e. The zero-order valence-corrected chi connectivity index (χ0v) is 22.4. The number of allylic oxidation sites excluding steroid dienone is 2. The molecule has 0 fully saturated rings. The Bertz CT molecular complexity index is 1160. The Hall–Kier alpha value is -2.79. The summed E-state index contributed by atoms with van der Waals surface area (Å²) in [4.78, 5) is 9.14. The van der Waals surface area contributed by atoms with Gasteiger partial charge in [0.2, 0.25) is 11.8 Å². The summed E-state index contributed by atoms with van der Waals surface area (Å²) < 4.78 is 45.7. The lowest BCUT2D eigenvalue weighted by atomic mass is 10.00. The number of anilines is 1. The van der Waals surface area contributed by atoms with Gasteiger partial charge in [0, 0.05) is 24.8 Å². The summed E-state index contributed by atoms with van der Waals surface area (Å²) >= 11 is 0. The van der Waals surface area contributed by atoms with Crippen LogP contribution < -0.4 is 14.4 Å². The van der Waals surface area contributed by atoms with E-state index in [1.54, 1.807) is 6.07 Å². The van der Waals surface area contributed by atoms with Gasteiger partial charge >= 0.3 is 0 Å². The van der Waals surface area contributed by atoms with Crippen LogP contribution in [-0.4, -0.2) is 57.0 Å². The zero-order valence-electron chi connectivity index (χ0n) is 21.6. The van der Waals surface area contributed by atoms with Crippen molar-refractivity contribution in [2.24, 2.45) is 5.92 Å². The molecule has 36 heavy (non-hydrogen) atoms. The third-order valence-corrected chi connectivity index (χ3v) is 7.47. The summed E-state index contributed by atoms with van der Waals surface area (Å²) in [5.41, 5.74) is 2.15. The van der Waals surface area contributed by atoms with Gasteiger partial charge in [-0.15, -0.1) is 0 Å². The highest BCUT2D eigenvalue weighted by molar-refractivity contribution is 7.93. The molecule has 1 unspecified atom stereocenters. The van der Waals surface area contributed by atoms with E-state index in [-0.39, 0.29) is 31.3 Å². The molecule has 2 atom stereocenters. The number of benzene rings is 1. The van der Waals surface area contributed by atoms with E-state index in [1.807, 2.05) is 32.0 Å². The Kier molecular flexibility index (Phi) is 9.61. The predicted molar refractivity (Wildman–Crippen MR) is 141 cm³/mol. The second-order valence-corrected chi connectivity index (χ2v) is 11.0. The minimum atomic E-state index is -4.15. The Labute approximate surface area is 214 Å². The highest BCUT2D eigenvalue weighted by Gasteiger charge is 2.35. The number of nitrogens with one attached hydrogen (secondary N) is 1. The predicted octanol–water partition coefficient (Wildman–Crippen LogP) is 3.94. The SMILES string of the molecule is C=CC=CC1OCN[C@H](CC(C)C)COc2cc(-c3c(C)cccc3C)nc(n2)N(COC)S1(=O)=O. The van der Waals surface area contributed by atoms with Crippen LogP contribution in [0.2, 0.25) is 0 Å². The third kappa shape index (κ3) is 6.70. The maximum absolute atomic E-state index is 13.8. The molecular formula is C26H36N4O5S. The first-order valence-electron chi connectivity index (χ1n) is 11.9. The number of fused-ring (bicyclic) bond motifs is 2. The van der Waals surface area contributed by atoms with Gasteiger partial charge in [-0.3, -0.25) is 5.32 Å². The minimum Gasteiger partial charge on any atom is -0.476 e. The molecule has 1 N–H and O–H groups in total. The number of methoxy groups -OCH3 is 1. The average molecular weight is 517 g/mol. The molecule has 0 spiro atoms. The summed E-state index contributed by atoms with van der Waals surface area (Å²) in [6.45, 7) is 11.9. The van der Waals surface area contributed by atoms with Crippen molar-refractivity contribution in [3.8, 4) is 17.1 Å². The minimum absolute atomic E-state index is 0.00932. The van der Waals surface area contributed by atoms with Crippen molar-refractivity contribution < 1.29 is 22.6 Å². The van der Waals surface area contributed by atoms with Gasteiger partial charge in [-0.1, -0.05) is 50.8 Å². The summed E-state index contributed by atoms with van der Waals surface area (Å²) in [5.74, 6) is 0.619. The molecule has 9 nitrogen and oxygen atoms in total. The quantitative estimate of drug-likeness (QED) is 0.552. The highest BCUT2D eigenvalue weighted by Crippen LogP contribution is 2.31. The summed E-state index contributed by atoms with van der Waals surface area (Å²) in [7, 11) is -2.74. The van der Waals surface area contributed by atoms with Gasteiger partial charge in [0.05, 0.1) is 12.4 Å². The highest BCUT2D eigenvalue weighted by atomic mass is 32.2. The van der Waals surface area contributed by atoms with Crippen LogP contribution in [0, 0.1) is 19.8 Å². The van der Waals surface area contributed by atoms with E-state index in [4.69, 9.17) is 14.2 Å². The smallest absolute Gasteiger partial charge is 0.270 e. The zero-order chi connectivity index (χ0) is 26.3. The van der Waals surface area contributed by atoms with Crippen LogP contribution in [0.25, 0.3) is 11.3 Å². The van der Waals surface area contributed by atoms with Crippen LogP contribution in [0.3, 0.4) is 0 Å². The van der Waals surface area contributed by atoms with Gasteiger partial charge in [-0.25, -0.2) is 17.7 Å².